The van der Waals surface area contributed by atoms with E-state index in [1.54, 1.807) is 11.8 Å². The third-order valence-electron chi connectivity index (χ3n) is 4.89. The Morgan fingerprint density at radius 3 is 2.66 bits per heavy atom. The van der Waals surface area contributed by atoms with Gasteiger partial charge in [0.1, 0.15) is 10.7 Å². The van der Waals surface area contributed by atoms with E-state index in [-0.39, 0.29) is 5.56 Å². The van der Waals surface area contributed by atoms with Gasteiger partial charge >= 0.3 is 0 Å². The third kappa shape index (κ3) is 4.02. The average Bonchev–Trinajstić information content (AvgIpc) is 3.24. The van der Waals surface area contributed by atoms with E-state index in [0.29, 0.717) is 22.9 Å². The molecule has 1 aromatic carbocycles. The quantitative estimate of drug-likeness (QED) is 0.420. The van der Waals surface area contributed by atoms with E-state index in [2.05, 4.69) is 30.3 Å². The lowest BCUT2D eigenvalue weighted by molar-refractivity contribution is 0.486. The first-order valence-corrected chi connectivity index (χ1v) is 11.5. The molecule has 0 bridgehead atoms. The zero-order valence-corrected chi connectivity index (χ0v) is 18.7. The zero-order chi connectivity index (χ0) is 20.5. The number of aromatic nitrogens is 4. The summed E-state index contributed by atoms with van der Waals surface area (Å²) in [4.78, 5) is 26.0. The molecule has 0 unspecified atom stereocenters. The molecule has 29 heavy (non-hydrogen) atoms. The first-order valence-electron chi connectivity index (χ1n) is 9.66. The van der Waals surface area contributed by atoms with Crippen LogP contribution in [0.3, 0.4) is 0 Å². The van der Waals surface area contributed by atoms with Crippen molar-refractivity contribution in [3.05, 3.63) is 63.3 Å². The van der Waals surface area contributed by atoms with Crippen LogP contribution in [-0.2, 0) is 12.3 Å². The summed E-state index contributed by atoms with van der Waals surface area (Å²) < 4.78 is 2.26. The Labute approximate surface area is 178 Å². The molecule has 0 aliphatic carbocycles. The van der Waals surface area contributed by atoms with Gasteiger partial charge in [0.05, 0.1) is 16.8 Å². The number of rotatable bonds is 6. The molecule has 4 aromatic rings. The number of thiophene rings is 1. The Hall–Kier alpha value is -2.38. The fraction of sp³-hybridized carbons (Fsp3) is 0.318. The van der Waals surface area contributed by atoms with E-state index in [1.165, 1.54) is 17.0 Å². The van der Waals surface area contributed by atoms with Gasteiger partial charge in [-0.15, -0.1) is 11.3 Å². The lowest BCUT2D eigenvalue weighted by Crippen LogP contribution is -2.11. The summed E-state index contributed by atoms with van der Waals surface area (Å²) in [5.41, 5.74) is 4.15. The van der Waals surface area contributed by atoms with Crippen molar-refractivity contribution in [3.8, 4) is 11.1 Å². The maximum atomic E-state index is 12.8. The summed E-state index contributed by atoms with van der Waals surface area (Å²) in [6.45, 7) is 9.49. The van der Waals surface area contributed by atoms with Gasteiger partial charge in [-0.25, -0.2) is 9.97 Å². The molecule has 7 heteroatoms. The molecular formula is C22H24N4OS2. The topological polar surface area (TPSA) is 63.6 Å². The molecule has 4 rings (SSSR count). The van der Waals surface area contributed by atoms with E-state index in [0.717, 1.165) is 33.4 Å². The number of aryl methyl sites for hydroxylation is 1. The number of nitrogens with one attached hydrogen (secondary N) is 1. The van der Waals surface area contributed by atoms with Crippen molar-refractivity contribution >= 4 is 33.3 Å². The zero-order valence-electron chi connectivity index (χ0n) is 17.0. The van der Waals surface area contributed by atoms with E-state index in [4.69, 9.17) is 9.97 Å². The molecule has 5 nitrogen and oxygen atoms in total. The second-order valence-electron chi connectivity index (χ2n) is 7.57. The van der Waals surface area contributed by atoms with Crippen LogP contribution in [-0.4, -0.2) is 19.5 Å². The summed E-state index contributed by atoms with van der Waals surface area (Å²) in [5, 5.41) is 3.66. The number of fused-ring (bicyclic) bond motifs is 1. The molecular weight excluding hydrogens is 400 g/mol. The fourth-order valence-corrected chi connectivity index (χ4v) is 5.28. The molecule has 0 amide bonds. The molecule has 150 valence electrons. The highest BCUT2D eigenvalue weighted by Gasteiger charge is 2.16. The maximum absolute atomic E-state index is 12.8. The molecule has 0 spiro atoms. The number of thioether (sulfide) groups is 1. The standard InChI is InChI=1S/C22H24N4OS2/c1-13(2)10-26-15(4)14(3)23-22(26)29-12-18-24-20(27)19-17(11-28-21(19)25-18)16-8-6-5-7-9-16/h5-9,11,13H,10,12H2,1-4H3,(H,24,25,27). The van der Waals surface area contributed by atoms with Crippen LogP contribution in [0.25, 0.3) is 21.3 Å². The van der Waals surface area contributed by atoms with Crippen LogP contribution >= 0.6 is 23.1 Å². The molecule has 0 aliphatic rings. The van der Waals surface area contributed by atoms with Crippen molar-refractivity contribution in [1.29, 1.82) is 0 Å². The number of hydrogen-bond acceptors (Lipinski definition) is 5. The summed E-state index contributed by atoms with van der Waals surface area (Å²) >= 11 is 3.14. The molecule has 0 saturated carbocycles. The van der Waals surface area contributed by atoms with Crippen LogP contribution in [0.4, 0.5) is 0 Å². The van der Waals surface area contributed by atoms with Gasteiger partial charge in [0.25, 0.3) is 5.56 Å². The predicted molar refractivity (Wildman–Crippen MR) is 122 cm³/mol. The van der Waals surface area contributed by atoms with Gasteiger partial charge in [0, 0.05) is 23.2 Å². The van der Waals surface area contributed by atoms with E-state index >= 15 is 0 Å². The van der Waals surface area contributed by atoms with Crippen LogP contribution in [0.1, 0.15) is 31.1 Å². The maximum Gasteiger partial charge on any atom is 0.260 e. The SMILES string of the molecule is Cc1nc(SCc2nc3scc(-c4ccccc4)c3c(=O)[nH]2)n(CC(C)C)c1C. The molecule has 3 heterocycles. The predicted octanol–water partition coefficient (Wildman–Crippen LogP) is 5.41. The molecule has 0 radical (unpaired) electrons. The number of aromatic amines is 1. The van der Waals surface area contributed by atoms with Crippen molar-refractivity contribution in [2.75, 3.05) is 0 Å². The van der Waals surface area contributed by atoms with Crippen molar-refractivity contribution in [1.82, 2.24) is 19.5 Å². The molecule has 0 aliphatic heterocycles. The summed E-state index contributed by atoms with van der Waals surface area (Å²) in [7, 11) is 0. The second-order valence-corrected chi connectivity index (χ2v) is 9.37. The van der Waals surface area contributed by atoms with E-state index < -0.39 is 0 Å². The van der Waals surface area contributed by atoms with E-state index in [9.17, 15) is 4.79 Å². The first-order chi connectivity index (χ1) is 13.9. The number of H-pyrrole nitrogens is 1. The number of nitrogens with zero attached hydrogens (tertiary/aromatic N) is 3. The minimum absolute atomic E-state index is 0.0800. The van der Waals surface area contributed by atoms with Gasteiger partial charge in [-0.2, -0.15) is 0 Å². The molecule has 3 aromatic heterocycles. The van der Waals surface area contributed by atoms with Gasteiger partial charge in [0.2, 0.25) is 0 Å². The smallest absolute Gasteiger partial charge is 0.260 e. The van der Waals surface area contributed by atoms with Gasteiger partial charge in [-0.1, -0.05) is 55.9 Å². The third-order valence-corrected chi connectivity index (χ3v) is 6.75. The lowest BCUT2D eigenvalue weighted by atomic mass is 10.1. The Balaban J connectivity index is 1.62. The largest absolute Gasteiger partial charge is 0.323 e. The second kappa shape index (κ2) is 8.16. The van der Waals surface area contributed by atoms with Crippen LogP contribution in [0.2, 0.25) is 0 Å². The van der Waals surface area contributed by atoms with Crippen LogP contribution in [0.5, 0.6) is 0 Å². The van der Waals surface area contributed by atoms with E-state index in [1.807, 2.05) is 42.6 Å². The van der Waals surface area contributed by atoms with Crippen LogP contribution < -0.4 is 5.56 Å². The Kier molecular flexibility index (Phi) is 5.61. The van der Waals surface area contributed by atoms with Gasteiger partial charge in [0.15, 0.2) is 5.16 Å². The minimum Gasteiger partial charge on any atom is -0.323 e. The van der Waals surface area contributed by atoms with Crippen LogP contribution in [0, 0.1) is 19.8 Å². The normalized spacial score (nSPS) is 11.6. The van der Waals surface area contributed by atoms with Crippen molar-refractivity contribution in [2.24, 2.45) is 5.92 Å². The number of hydrogen-bond donors (Lipinski definition) is 1. The Morgan fingerprint density at radius 2 is 1.93 bits per heavy atom. The van der Waals surface area contributed by atoms with Crippen molar-refractivity contribution in [2.45, 2.75) is 45.1 Å². The summed E-state index contributed by atoms with van der Waals surface area (Å²) in [5.74, 6) is 1.81. The first kappa shape index (κ1) is 19.9. The summed E-state index contributed by atoms with van der Waals surface area (Å²) in [6, 6.07) is 9.97. The van der Waals surface area contributed by atoms with Gasteiger partial charge in [-0.3, -0.25) is 4.79 Å². The van der Waals surface area contributed by atoms with Crippen molar-refractivity contribution < 1.29 is 0 Å². The molecule has 0 saturated heterocycles. The monoisotopic (exact) mass is 424 g/mol. The Bertz CT molecular complexity index is 1210. The highest BCUT2D eigenvalue weighted by atomic mass is 32.2. The molecule has 0 fully saturated rings. The van der Waals surface area contributed by atoms with Crippen molar-refractivity contribution in [3.63, 3.8) is 0 Å². The van der Waals surface area contributed by atoms with Gasteiger partial charge < -0.3 is 9.55 Å². The summed E-state index contributed by atoms with van der Waals surface area (Å²) in [6.07, 6.45) is 0. The highest BCUT2D eigenvalue weighted by Crippen LogP contribution is 2.31. The van der Waals surface area contributed by atoms with Gasteiger partial charge in [-0.05, 0) is 25.3 Å². The number of imidazole rings is 1. The number of benzene rings is 1. The Morgan fingerprint density at radius 1 is 1.17 bits per heavy atom. The lowest BCUT2D eigenvalue weighted by Gasteiger charge is -2.12. The van der Waals surface area contributed by atoms with Crippen LogP contribution in [0.15, 0.2) is 45.7 Å². The molecule has 1 N–H and O–H groups in total. The molecule has 0 atom stereocenters. The minimum atomic E-state index is -0.0800. The average molecular weight is 425 g/mol. The fourth-order valence-electron chi connectivity index (χ4n) is 3.34. The highest BCUT2D eigenvalue weighted by molar-refractivity contribution is 7.98.